The van der Waals surface area contributed by atoms with E-state index < -0.39 is 0 Å². The minimum Gasteiger partial charge on any atom is -0.399 e. The molecular formula is C26H22N6O. The monoisotopic (exact) mass is 434 g/mol. The number of anilines is 3. The van der Waals surface area contributed by atoms with Gasteiger partial charge in [-0.15, -0.1) is 0 Å². The lowest BCUT2D eigenvalue weighted by molar-refractivity contribution is 0.0951. The molecule has 7 heteroatoms. The summed E-state index contributed by atoms with van der Waals surface area (Å²) in [4.78, 5) is 26.3. The van der Waals surface area contributed by atoms with Crippen molar-refractivity contribution >= 4 is 44.9 Å². The van der Waals surface area contributed by atoms with Crippen LogP contribution in [0.15, 0.2) is 79.3 Å². The molecule has 0 bridgehead atoms. The third kappa shape index (κ3) is 4.29. The van der Waals surface area contributed by atoms with Gasteiger partial charge < -0.3 is 16.4 Å². The molecule has 5 rings (SSSR count). The second kappa shape index (κ2) is 8.55. The molecule has 162 valence electrons. The number of nitrogens with two attached hydrogens (primary N) is 1. The van der Waals surface area contributed by atoms with E-state index in [4.69, 9.17) is 10.7 Å². The number of pyridine rings is 1. The highest BCUT2D eigenvalue weighted by molar-refractivity contribution is 6.10. The maximum Gasteiger partial charge on any atom is 0.251 e. The van der Waals surface area contributed by atoms with E-state index >= 15 is 0 Å². The van der Waals surface area contributed by atoms with Crippen LogP contribution in [0.3, 0.4) is 0 Å². The molecule has 0 unspecified atom stereocenters. The fourth-order valence-corrected chi connectivity index (χ4v) is 3.75. The van der Waals surface area contributed by atoms with Gasteiger partial charge in [-0.25, -0.2) is 15.0 Å². The average Bonchev–Trinajstić information content (AvgIpc) is 2.83. The number of hydrogen-bond acceptors (Lipinski definition) is 6. The molecule has 0 aliphatic heterocycles. The van der Waals surface area contributed by atoms with Crippen LogP contribution in [-0.2, 0) is 6.54 Å². The largest absolute Gasteiger partial charge is 0.399 e. The second-order valence-electron chi connectivity index (χ2n) is 7.90. The van der Waals surface area contributed by atoms with Crippen LogP contribution in [0.4, 0.5) is 17.2 Å². The Balaban J connectivity index is 1.49. The number of rotatable bonds is 5. The molecule has 3 aromatic carbocycles. The first-order valence-corrected chi connectivity index (χ1v) is 10.6. The minimum atomic E-state index is -0.173. The van der Waals surface area contributed by atoms with Gasteiger partial charge in [-0.1, -0.05) is 30.3 Å². The van der Waals surface area contributed by atoms with Crippen LogP contribution in [0.2, 0.25) is 0 Å². The van der Waals surface area contributed by atoms with E-state index in [0.29, 0.717) is 29.1 Å². The van der Waals surface area contributed by atoms with Crippen molar-refractivity contribution in [2.75, 3.05) is 11.1 Å². The van der Waals surface area contributed by atoms with Gasteiger partial charge in [-0.3, -0.25) is 4.79 Å². The lowest BCUT2D eigenvalue weighted by Crippen LogP contribution is -2.22. The first kappa shape index (κ1) is 20.4. The lowest BCUT2D eigenvalue weighted by Gasteiger charge is -2.12. The van der Waals surface area contributed by atoms with Crippen LogP contribution in [0.5, 0.6) is 0 Å². The van der Waals surface area contributed by atoms with Crippen molar-refractivity contribution in [1.82, 2.24) is 20.3 Å². The van der Waals surface area contributed by atoms with Crippen LogP contribution < -0.4 is 16.4 Å². The fraction of sp³-hybridized carbons (Fsp3) is 0.0769. The summed E-state index contributed by atoms with van der Waals surface area (Å²) < 4.78 is 0. The molecule has 0 aliphatic carbocycles. The number of amides is 1. The van der Waals surface area contributed by atoms with Crippen LogP contribution in [-0.4, -0.2) is 20.9 Å². The summed E-state index contributed by atoms with van der Waals surface area (Å²) in [5.41, 5.74) is 11.4. The van der Waals surface area contributed by atoms with Gasteiger partial charge in [0.25, 0.3) is 5.91 Å². The van der Waals surface area contributed by atoms with Gasteiger partial charge in [0, 0.05) is 40.5 Å². The number of nitrogen functional groups attached to an aromatic ring is 1. The summed E-state index contributed by atoms with van der Waals surface area (Å²) in [7, 11) is 0. The van der Waals surface area contributed by atoms with Gasteiger partial charge >= 0.3 is 0 Å². The number of fused-ring (bicyclic) bond motifs is 3. The Morgan fingerprint density at radius 3 is 2.67 bits per heavy atom. The number of nitrogens with one attached hydrogen (secondary N) is 2. The molecule has 0 atom stereocenters. The quantitative estimate of drug-likeness (QED) is 0.272. The molecule has 2 heterocycles. The van der Waals surface area contributed by atoms with Crippen LogP contribution >= 0.6 is 0 Å². The number of aromatic nitrogens is 3. The third-order valence-corrected chi connectivity index (χ3v) is 5.43. The minimum absolute atomic E-state index is 0.173. The zero-order chi connectivity index (χ0) is 22.8. The molecule has 2 aromatic heterocycles. The van der Waals surface area contributed by atoms with Gasteiger partial charge in [0.15, 0.2) is 5.82 Å². The summed E-state index contributed by atoms with van der Waals surface area (Å²) in [6.07, 6.45) is 3.28. The molecule has 0 radical (unpaired) electrons. The first-order valence-electron chi connectivity index (χ1n) is 10.6. The Kier molecular flexibility index (Phi) is 5.28. The molecule has 33 heavy (non-hydrogen) atoms. The molecule has 0 fully saturated rings. The number of nitrogens with zero attached hydrogens (tertiary/aromatic N) is 3. The summed E-state index contributed by atoms with van der Waals surface area (Å²) in [6.45, 7) is 2.45. The van der Waals surface area contributed by atoms with E-state index in [0.717, 1.165) is 33.1 Å². The molecule has 0 spiro atoms. The molecule has 0 saturated carbocycles. The Bertz CT molecular complexity index is 1480. The van der Waals surface area contributed by atoms with Crippen molar-refractivity contribution < 1.29 is 4.79 Å². The third-order valence-electron chi connectivity index (χ3n) is 5.43. The molecule has 0 aliphatic rings. The van der Waals surface area contributed by atoms with Gasteiger partial charge in [0.05, 0.1) is 5.52 Å². The van der Waals surface area contributed by atoms with Crippen molar-refractivity contribution in [2.24, 2.45) is 0 Å². The summed E-state index contributed by atoms with van der Waals surface area (Å²) in [5.74, 6) is 0.443. The Morgan fingerprint density at radius 2 is 1.85 bits per heavy atom. The normalized spacial score (nSPS) is 10.9. The summed E-state index contributed by atoms with van der Waals surface area (Å²) >= 11 is 0. The second-order valence-corrected chi connectivity index (χ2v) is 7.90. The topological polar surface area (TPSA) is 106 Å². The van der Waals surface area contributed by atoms with Crippen molar-refractivity contribution in [3.63, 3.8) is 0 Å². The van der Waals surface area contributed by atoms with Crippen LogP contribution in [0, 0.1) is 6.92 Å². The molecule has 4 N–H and O–H groups in total. The Morgan fingerprint density at radius 1 is 1.00 bits per heavy atom. The van der Waals surface area contributed by atoms with Crippen LogP contribution in [0.25, 0.3) is 21.8 Å². The Hall–Kier alpha value is -4.52. The number of aryl methyl sites for hydroxylation is 1. The number of benzene rings is 3. The van der Waals surface area contributed by atoms with E-state index in [1.54, 1.807) is 18.3 Å². The van der Waals surface area contributed by atoms with Crippen molar-refractivity contribution in [2.45, 2.75) is 13.5 Å². The average molecular weight is 435 g/mol. The van der Waals surface area contributed by atoms with E-state index in [9.17, 15) is 4.79 Å². The Labute approximate surface area is 190 Å². The maximum absolute atomic E-state index is 12.8. The molecule has 5 aromatic rings. The van der Waals surface area contributed by atoms with E-state index in [-0.39, 0.29) is 5.91 Å². The lowest BCUT2D eigenvalue weighted by atomic mass is 10.1. The SMILES string of the molecule is Cc1cccc(Nc2nc3cc(C(=O)NCc4ccc(N)cc4)ccc3c3cncnc23)c1. The van der Waals surface area contributed by atoms with Gasteiger partial charge in [0.1, 0.15) is 11.8 Å². The fourth-order valence-electron chi connectivity index (χ4n) is 3.75. The zero-order valence-electron chi connectivity index (χ0n) is 18.0. The van der Waals surface area contributed by atoms with Crippen LogP contribution in [0.1, 0.15) is 21.5 Å². The number of carbonyl (C=O) groups is 1. The molecule has 1 amide bonds. The highest BCUT2D eigenvalue weighted by Crippen LogP contribution is 2.30. The summed E-state index contributed by atoms with van der Waals surface area (Å²) in [6, 6.07) is 20.9. The van der Waals surface area contributed by atoms with Gasteiger partial charge in [-0.2, -0.15) is 0 Å². The maximum atomic E-state index is 12.8. The predicted octanol–water partition coefficient (Wildman–Crippen LogP) is 4.74. The van der Waals surface area contributed by atoms with Crippen molar-refractivity contribution in [3.8, 4) is 0 Å². The number of carbonyl (C=O) groups excluding carboxylic acids is 1. The van der Waals surface area contributed by atoms with Crippen molar-refractivity contribution in [1.29, 1.82) is 0 Å². The molecular weight excluding hydrogens is 412 g/mol. The summed E-state index contributed by atoms with van der Waals surface area (Å²) in [5, 5.41) is 8.07. The molecule has 0 saturated heterocycles. The first-order chi connectivity index (χ1) is 16.1. The highest BCUT2D eigenvalue weighted by Gasteiger charge is 2.13. The van der Waals surface area contributed by atoms with E-state index in [1.165, 1.54) is 6.33 Å². The predicted molar refractivity (Wildman–Crippen MR) is 131 cm³/mol. The van der Waals surface area contributed by atoms with E-state index in [2.05, 4.69) is 20.6 Å². The zero-order valence-corrected chi connectivity index (χ0v) is 18.0. The van der Waals surface area contributed by atoms with Crippen molar-refractivity contribution in [3.05, 3.63) is 95.9 Å². The molecule has 7 nitrogen and oxygen atoms in total. The number of hydrogen-bond donors (Lipinski definition) is 3. The van der Waals surface area contributed by atoms with Gasteiger partial charge in [-0.05, 0) is 54.4 Å². The standard InChI is InChI=1S/C26H22N6O/c1-16-3-2-4-20(11-16)31-25-24-22(14-28-15-30-24)21-10-7-18(12-23(21)32-25)26(33)29-13-17-5-8-19(27)9-6-17/h2-12,14-15H,13,27H2,1H3,(H,29,33)(H,31,32). The van der Waals surface area contributed by atoms with E-state index in [1.807, 2.05) is 61.5 Å². The smallest absolute Gasteiger partial charge is 0.251 e. The highest BCUT2D eigenvalue weighted by atomic mass is 16.1. The van der Waals surface area contributed by atoms with Gasteiger partial charge in [0.2, 0.25) is 0 Å².